The second kappa shape index (κ2) is 3.51. The van der Waals surface area contributed by atoms with E-state index in [-0.39, 0.29) is 10.0 Å². The normalized spacial score (nSPS) is 16.9. The van der Waals surface area contributed by atoms with Crippen LogP contribution in [0.25, 0.3) is 0 Å². The lowest BCUT2D eigenvalue weighted by molar-refractivity contribution is 0.501. The fraction of sp³-hybridized carbons (Fsp3) is 0.636. The fourth-order valence-corrected chi connectivity index (χ4v) is 1.88. The van der Waals surface area contributed by atoms with Gasteiger partial charge in [-0.2, -0.15) is 4.39 Å². The molecule has 0 amide bonds. The van der Waals surface area contributed by atoms with Crippen LogP contribution in [-0.4, -0.2) is 9.97 Å². The van der Waals surface area contributed by atoms with Gasteiger partial charge in [0.1, 0.15) is 0 Å². The molecular weight excluding hydrogens is 259 g/mol. The largest absolute Gasteiger partial charge is 0.246 e. The SMILES string of the molecule is CC(C)(C)c1nc(F)c(Br)nc1C1CC1. The van der Waals surface area contributed by atoms with E-state index in [1.165, 1.54) is 0 Å². The van der Waals surface area contributed by atoms with E-state index in [0.29, 0.717) is 5.92 Å². The van der Waals surface area contributed by atoms with Crippen molar-refractivity contribution in [3.63, 3.8) is 0 Å². The van der Waals surface area contributed by atoms with E-state index in [1.807, 2.05) is 20.8 Å². The molecule has 0 spiro atoms. The van der Waals surface area contributed by atoms with E-state index in [0.717, 1.165) is 24.2 Å². The van der Waals surface area contributed by atoms with E-state index >= 15 is 0 Å². The van der Waals surface area contributed by atoms with E-state index < -0.39 is 5.95 Å². The Balaban J connectivity index is 2.55. The monoisotopic (exact) mass is 272 g/mol. The Morgan fingerprint density at radius 3 is 2.33 bits per heavy atom. The second-order valence-electron chi connectivity index (χ2n) is 5.06. The molecule has 4 heteroatoms. The second-order valence-corrected chi connectivity index (χ2v) is 5.81. The average Bonchev–Trinajstić information content (AvgIpc) is 2.89. The van der Waals surface area contributed by atoms with Crippen molar-refractivity contribution in [3.05, 3.63) is 21.9 Å². The quantitative estimate of drug-likeness (QED) is 0.782. The van der Waals surface area contributed by atoms with Gasteiger partial charge in [-0.05, 0) is 28.8 Å². The first kappa shape index (κ1) is 11.0. The van der Waals surface area contributed by atoms with Gasteiger partial charge in [0.25, 0.3) is 0 Å². The zero-order chi connectivity index (χ0) is 11.2. The van der Waals surface area contributed by atoms with E-state index in [2.05, 4.69) is 25.9 Å². The molecule has 15 heavy (non-hydrogen) atoms. The summed E-state index contributed by atoms with van der Waals surface area (Å²) >= 11 is 3.09. The van der Waals surface area contributed by atoms with Gasteiger partial charge in [0.2, 0.25) is 5.95 Å². The molecule has 1 aliphatic rings. The van der Waals surface area contributed by atoms with Crippen LogP contribution in [0, 0.1) is 5.95 Å². The molecular formula is C11H14BrFN2. The van der Waals surface area contributed by atoms with Crippen molar-refractivity contribution in [2.24, 2.45) is 0 Å². The molecule has 0 bridgehead atoms. The summed E-state index contributed by atoms with van der Waals surface area (Å²) in [6, 6.07) is 0. The van der Waals surface area contributed by atoms with Crippen LogP contribution < -0.4 is 0 Å². The molecule has 0 aromatic carbocycles. The minimum Gasteiger partial charge on any atom is -0.239 e. The Morgan fingerprint density at radius 1 is 1.27 bits per heavy atom. The molecule has 1 aromatic heterocycles. The number of halogens is 2. The summed E-state index contributed by atoms with van der Waals surface area (Å²) < 4.78 is 13.6. The standard InChI is InChI=1S/C11H14BrFN2/c1-11(2,3)8-7(6-4-5-6)14-9(12)10(13)15-8/h6H,4-5H2,1-3H3. The third-order valence-corrected chi connectivity index (χ3v) is 3.02. The molecule has 2 rings (SSSR count). The summed E-state index contributed by atoms with van der Waals surface area (Å²) in [4.78, 5) is 8.31. The van der Waals surface area contributed by atoms with E-state index in [4.69, 9.17) is 0 Å². The van der Waals surface area contributed by atoms with Gasteiger partial charge in [-0.1, -0.05) is 20.8 Å². The highest BCUT2D eigenvalue weighted by molar-refractivity contribution is 9.10. The van der Waals surface area contributed by atoms with Gasteiger partial charge < -0.3 is 0 Å². The molecule has 82 valence electrons. The third-order valence-electron chi connectivity index (χ3n) is 2.52. The van der Waals surface area contributed by atoms with Crippen molar-refractivity contribution in [1.29, 1.82) is 0 Å². The van der Waals surface area contributed by atoms with Crippen molar-refractivity contribution >= 4 is 15.9 Å². The molecule has 0 N–H and O–H groups in total. The lowest BCUT2D eigenvalue weighted by Gasteiger charge is -2.20. The van der Waals surface area contributed by atoms with E-state index in [1.54, 1.807) is 0 Å². The Bertz CT molecular complexity index is 394. The summed E-state index contributed by atoms with van der Waals surface area (Å²) in [5.41, 5.74) is 1.62. The number of nitrogens with zero attached hydrogens (tertiary/aromatic N) is 2. The molecule has 0 radical (unpaired) electrons. The minimum absolute atomic E-state index is 0.146. The zero-order valence-electron chi connectivity index (χ0n) is 9.14. The average molecular weight is 273 g/mol. The maximum absolute atomic E-state index is 13.4. The Kier molecular flexibility index (Phi) is 2.57. The Morgan fingerprint density at radius 2 is 1.87 bits per heavy atom. The molecule has 1 heterocycles. The van der Waals surface area contributed by atoms with Crippen LogP contribution in [0.1, 0.15) is 50.9 Å². The lowest BCUT2D eigenvalue weighted by atomic mass is 9.89. The fourth-order valence-electron chi connectivity index (χ4n) is 1.60. The third kappa shape index (κ3) is 2.19. The minimum atomic E-state index is -0.510. The number of hydrogen-bond donors (Lipinski definition) is 0. The Labute approximate surface area is 97.5 Å². The molecule has 0 unspecified atom stereocenters. The van der Waals surface area contributed by atoms with Crippen LogP contribution in [0.5, 0.6) is 0 Å². The first-order valence-electron chi connectivity index (χ1n) is 5.13. The van der Waals surface area contributed by atoms with Crippen LogP contribution in [0.2, 0.25) is 0 Å². The molecule has 2 nitrogen and oxygen atoms in total. The zero-order valence-corrected chi connectivity index (χ0v) is 10.7. The van der Waals surface area contributed by atoms with Crippen molar-refractivity contribution in [3.8, 4) is 0 Å². The molecule has 1 saturated carbocycles. The molecule has 0 atom stereocenters. The summed E-state index contributed by atoms with van der Waals surface area (Å²) in [5.74, 6) is -0.0204. The highest BCUT2D eigenvalue weighted by Gasteiger charge is 2.33. The summed E-state index contributed by atoms with van der Waals surface area (Å²) in [6.07, 6.45) is 2.30. The van der Waals surface area contributed by atoms with Gasteiger partial charge in [0, 0.05) is 11.3 Å². The highest BCUT2D eigenvalue weighted by Crippen LogP contribution is 2.43. The maximum Gasteiger partial charge on any atom is 0.246 e. The predicted octanol–water partition coefficient (Wildman–Crippen LogP) is 3.55. The predicted molar refractivity (Wildman–Crippen MR) is 60.4 cm³/mol. The van der Waals surface area contributed by atoms with Gasteiger partial charge in [-0.3, -0.25) is 0 Å². The lowest BCUT2D eigenvalue weighted by Crippen LogP contribution is -2.19. The van der Waals surface area contributed by atoms with Gasteiger partial charge in [-0.25, -0.2) is 9.97 Å². The molecule has 0 aliphatic heterocycles. The molecule has 1 aromatic rings. The number of hydrogen-bond acceptors (Lipinski definition) is 2. The van der Waals surface area contributed by atoms with Crippen LogP contribution in [0.15, 0.2) is 4.60 Å². The van der Waals surface area contributed by atoms with Crippen molar-refractivity contribution < 1.29 is 4.39 Å². The summed E-state index contributed by atoms with van der Waals surface area (Å²) in [5, 5.41) is 0. The first-order valence-corrected chi connectivity index (χ1v) is 5.92. The van der Waals surface area contributed by atoms with Crippen molar-refractivity contribution in [2.45, 2.75) is 44.9 Å². The van der Waals surface area contributed by atoms with Crippen molar-refractivity contribution in [1.82, 2.24) is 9.97 Å². The summed E-state index contributed by atoms with van der Waals surface area (Å²) in [6.45, 7) is 6.11. The van der Waals surface area contributed by atoms with Crippen LogP contribution in [0.4, 0.5) is 4.39 Å². The van der Waals surface area contributed by atoms with Gasteiger partial charge in [-0.15, -0.1) is 0 Å². The van der Waals surface area contributed by atoms with Gasteiger partial charge in [0.05, 0.1) is 11.4 Å². The topological polar surface area (TPSA) is 25.8 Å². The van der Waals surface area contributed by atoms with Crippen LogP contribution in [0.3, 0.4) is 0 Å². The maximum atomic E-state index is 13.4. The summed E-state index contributed by atoms with van der Waals surface area (Å²) in [7, 11) is 0. The molecule has 1 fully saturated rings. The smallest absolute Gasteiger partial charge is 0.239 e. The first-order chi connectivity index (χ1) is 6.89. The highest BCUT2D eigenvalue weighted by atomic mass is 79.9. The van der Waals surface area contributed by atoms with Crippen LogP contribution in [-0.2, 0) is 5.41 Å². The van der Waals surface area contributed by atoms with Gasteiger partial charge >= 0.3 is 0 Å². The Hall–Kier alpha value is -0.510. The number of rotatable bonds is 1. The molecule has 1 aliphatic carbocycles. The van der Waals surface area contributed by atoms with Crippen LogP contribution >= 0.6 is 15.9 Å². The van der Waals surface area contributed by atoms with Gasteiger partial charge in [0.15, 0.2) is 4.60 Å². The van der Waals surface area contributed by atoms with E-state index in [9.17, 15) is 4.39 Å². The van der Waals surface area contributed by atoms with Crippen molar-refractivity contribution in [2.75, 3.05) is 0 Å². The number of aromatic nitrogens is 2. The molecule has 0 saturated heterocycles.